The smallest absolute Gasteiger partial charge is 0.306 e. The van der Waals surface area contributed by atoms with E-state index in [-0.39, 0.29) is 31.1 Å². The van der Waals surface area contributed by atoms with Gasteiger partial charge in [-0.15, -0.1) is 0 Å². The van der Waals surface area contributed by atoms with Crippen molar-refractivity contribution in [2.45, 2.75) is 380 Å². The molecule has 6 nitrogen and oxygen atoms in total. The van der Waals surface area contributed by atoms with Crippen LogP contribution in [0.25, 0.3) is 0 Å². The molecule has 0 aromatic rings. The van der Waals surface area contributed by atoms with Crippen molar-refractivity contribution in [1.82, 2.24) is 0 Å². The van der Waals surface area contributed by atoms with Crippen molar-refractivity contribution in [2.75, 3.05) is 13.2 Å². The summed E-state index contributed by atoms with van der Waals surface area (Å²) < 4.78 is 16.9. The Morgan fingerprint density at radius 3 is 0.782 bits per heavy atom. The van der Waals surface area contributed by atoms with Gasteiger partial charge in [-0.25, -0.2) is 0 Å². The Balaban J connectivity index is 4.16. The average Bonchev–Trinajstić information content (AvgIpc) is 3.44. The van der Waals surface area contributed by atoms with E-state index < -0.39 is 6.10 Å². The highest BCUT2D eigenvalue weighted by atomic mass is 16.6. The van der Waals surface area contributed by atoms with E-state index in [0.29, 0.717) is 19.3 Å². The lowest BCUT2D eigenvalue weighted by molar-refractivity contribution is -0.167. The van der Waals surface area contributed by atoms with Gasteiger partial charge in [-0.2, -0.15) is 0 Å². The molecule has 0 aromatic heterocycles. The summed E-state index contributed by atoms with van der Waals surface area (Å²) in [6.45, 7) is 6.62. The molecule has 0 fully saturated rings. The standard InChI is InChI=1S/C72H132O6/c1-4-7-10-13-16-19-22-24-26-28-30-32-34-35-36-37-39-40-42-44-46-48-50-53-56-59-62-65-71(74)77-68-69(67-76-70(73)64-61-58-55-52-21-18-15-12-9-6-3)78-72(75)66-63-60-57-54-51-49-47-45-43-41-38-33-31-29-27-25-23-20-17-14-11-8-5-2/h12,15,22,24,28,30,34-35,69H,4-11,13-14,16-21,23,25-27,29,31-33,36-68H2,1-3H3/b15-12-,24-22-,30-28-,35-34-. The van der Waals surface area contributed by atoms with Gasteiger partial charge in [0, 0.05) is 19.3 Å². The molecule has 0 amide bonds. The summed E-state index contributed by atoms with van der Waals surface area (Å²) in [4.78, 5) is 38.3. The number of hydrogen-bond donors (Lipinski definition) is 0. The molecule has 0 N–H and O–H groups in total. The molecule has 0 rings (SSSR count). The van der Waals surface area contributed by atoms with Gasteiger partial charge >= 0.3 is 17.9 Å². The summed E-state index contributed by atoms with van der Waals surface area (Å²) in [6, 6.07) is 0. The van der Waals surface area contributed by atoms with Crippen LogP contribution in [0.5, 0.6) is 0 Å². The molecule has 0 spiro atoms. The van der Waals surface area contributed by atoms with Crippen LogP contribution in [0.1, 0.15) is 374 Å². The van der Waals surface area contributed by atoms with E-state index in [2.05, 4.69) is 69.4 Å². The quantitative estimate of drug-likeness (QED) is 0.0261. The predicted octanol–water partition coefficient (Wildman–Crippen LogP) is 23.7. The summed E-state index contributed by atoms with van der Waals surface area (Å²) in [6.07, 6.45) is 84.3. The molecule has 1 atom stereocenters. The Labute approximate surface area is 486 Å². The van der Waals surface area contributed by atoms with Crippen LogP contribution in [0.3, 0.4) is 0 Å². The fraction of sp³-hybridized carbons (Fsp3) is 0.847. The Bertz CT molecular complexity index is 1350. The predicted molar refractivity (Wildman–Crippen MR) is 339 cm³/mol. The van der Waals surface area contributed by atoms with Crippen LogP contribution >= 0.6 is 0 Å². The van der Waals surface area contributed by atoms with E-state index in [1.807, 2.05) is 0 Å². The van der Waals surface area contributed by atoms with Crippen LogP contribution in [-0.4, -0.2) is 37.2 Å². The molecule has 456 valence electrons. The van der Waals surface area contributed by atoms with Crippen LogP contribution < -0.4 is 0 Å². The van der Waals surface area contributed by atoms with Crippen molar-refractivity contribution in [2.24, 2.45) is 0 Å². The summed E-state index contributed by atoms with van der Waals surface area (Å²) in [5.74, 6) is -0.862. The number of carbonyl (C=O) groups is 3. The van der Waals surface area contributed by atoms with Crippen molar-refractivity contribution < 1.29 is 28.6 Å². The highest BCUT2D eigenvalue weighted by molar-refractivity contribution is 5.71. The molecule has 0 aliphatic rings. The second-order valence-electron chi connectivity index (χ2n) is 23.4. The zero-order chi connectivity index (χ0) is 56.4. The van der Waals surface area contributed by atoms with E-state index in [1.165, 1.54) is 250 Å². The molecule has 0 radical (unpaired) electrons. The minimum atomic E-state index is -0.775. The Hall–Kier alpha value is -2.63. The second kappa shape index (κ2) is 66.9. The normalized spacial score (nSPS) is 12.3. The lowest BCUT2D eigenvalue weighted by Crippen LogP contribution is -2.30. The van der Waals surface area contributed by atoms with Gasteiger partial charge in [0.05, 0.1) is 0 Å². The Morgan fingerprint density at radius 2 is 0.487 bits per heavy atom. The van der Waals surface area contributed by atoms with Gasteiger partial charge in [0.25, 0.3) is 0 Å². The van der Waals surface area contributed by atoms with Gasteiger partial charge in [0.15, 0.2) is 6.10 Å². The number of rotatable bonds is 64. The Morgan fingerprint density at radius 1 is 0.256 bits per heavy atom. The minimum absolute atomic E-state index is 0.0728. The average molecular weight is 1090 g/mol. The van der Waals surface area contributed by atoms with Gasteiger partial charge in [0.1, 0.15) is 13.2 Å². The topological polar surface area (TPSA) is 78.9 Å². The van der Waals surface area contributed by atoms with E-state index in [1.54, 1.807) is 0 Å². The van der Waals surface area contributed by atoms with Gasteiger partial charge < -0.3 is 14.2 Å². The first-order valence-corrected chi connectivity index (χ1v) is 34.6. The first kappa shape index (κ1) is 75.4. The third-order valence-electron chi connectivity index (χ3n) is 15.5. The zero-order valence-corrected chi connectivity index (χ0v) is 52.5. The lowest BCUT2D eigenvalue weighted by Gasteiger charge is -2.18. The Kier molecular flexibility index (Phi) is 64.6. The first-order valence-electron chi connectivity index (χ1n) is 34.6. The van der Waals surface area contributed by atoms with E-state index >= 15 is 0 Å². The third-order valence-corrected chi connectivity index (χ3v) is 15.5. The van der Waals surface area contributed by atoms with Crippen LogP contribution in [0.2, 0.25) is 0 Å². The van der Waals surface area contributed by atoms with Crippen molar-refractivity contribution in [3.8, 4) is 0 Å². The van der Waals surface area contributed by atoms with Crippen LogP contribution in [0.15, 0.2) is 48.6 Å². The van der Waals surface area contributed by atoms with Gasteiger partial charge in [-0.1, -0.05) is 326 Å². The summed E-state index contributed by atoms with van der Waals surface area (Å²) in [5.41, 5.74) is 0. The van der Waals surface area contributed by atoms with Gasteiger partial charge in [-0.05, 0) is 77.0 Å². The van der Waals surface area contributed by atoms with Crippen LogP contribution in [0, 0.1) is 0 Å². The highest BCUT2D eigenvalue weighted by Crippen LogP contribution is 2.18. The maximum Gasteiger partial charge on any atom is 0.306 e. The molecule has 0 aliphatic heterocycles. The number of carbonyl (C=O) groups excluding carboxylic acids is 3. The lowest BCUT2D eigenvalue weighted by atomic mass is 10.0. The van der Waals surface area contributed by atoms with Crippen LogP contribution in [0.4, 0.5) is 0 Å². The highest BCUT2D eigenvalue weighted by Gasteiger charge is 2.19. The first-order chi connectivity index (χ1) is 38.5. The van der Waals surface area contributed by atoms with Crippen molar-refractivity contribution >= 4 is 17.9 Å². The van der Waals surface area contributed by atoms with Gasteiger partial charge in [0.2, 0.25) is 0 Å². The van der Waals surface area contributed by atoms with E-state index in [0.717, 1.165) is 83.5 Å². The summed E-state index contributed by atoms with van der Waals surface area (Å²) in [5, 5.41) is 0. The number of allylic oxidation sites excluding steroid dienone is 8. The number of esters is 3. The van der Waals surface area contributed by atoms with Crippen molar-refractivity contribution in [3.63, 3.8) is 0 Å². The second-order valence-corrected chi connectivity index (χ2v) is 23.4. The fourth-order valence-corrected chi connectivity index (χ4v) is 10.3. The fourth-order valence-electron chi connectivity index (χ4n) is 10.3. The molecule has 0 bridgehead atoms. The summed E-state index contributed by atoms with van der Waals surface area (Å²) in [7, 11) is 0. The molecule has 0 aromatic carbocycles. The monoisotopic (exact) mass is 1090 g/mol. The molecule has 0 heterocycles. The molecule has 0 saturated heterocycles. The largest absolute Gasteiger partial charge is 0.462 e. The van der Waals surface area contributed by atoms with E-state index in [4.69, 9.17) is 14.2 Å². The number of ether oxygens (including phenoxy) is 3. The van der Waals surface area contributed by atoms with E-state index in [9.17, 15) is 14.4 Å². The van der Waals surface area contributed by atoms with Crippen molar-refractivity contribution in [3.05, 3.63) is 48.6 Å². The molecule has 0 aliphatic carbocycles. The summed E-state index contributed by atoms with van der Waals surface area (Å²) >= 11 is 0. The van der Waals surface area contributed by atoms with Gasteiger partial charge in [-0.3, -0.25) is 14.4 Å². The molecular weight excluding hydrogens is 961 g/mol. The SMILES string of the molecule is CCC/C=C\CCCCCCCC(=O)OCC(COC(=O)CCCCCCCCCCCCCC/C=C\C/C=C\C/C=C\CCCCCCC)OC(=O)CCCCCCCCCCCCCCCCCCCCCCCCC. The maximum atomic E-state index is 12.9. The molecule has 1 unspecified atom stereocenters. The minimum Gasteiger partial charge on any atom is -0.462 e. The molecule has 6 heteroatoms. The maximum absolute atomic E-state index is 12.9. The molecular formula is C72H132O6. The number of unbranched alkanes of at least 4 members (excludes halogenated alkanes) is 45. The van der Waals surface area contributed by atoms with Crippen LogP contribution in [-0.2, 0) is 28.6 Å². The van der Waals surface area contributed by atoms with Crippen molar-refractivity contribution in [1.29, 1.82) is 0 Å². The molecule has 78 heavy (non-hydrogen) atoms. The molecule has 0 saturated carbocycles. The number of hydrogen-bond acceptors (Lipinski definition) is 6. The third kappa shape index (κ3) is 64.2. The zero-order valence-electron chi connectivity index (χ0n) is 52.5.